The normalized spacial score (nSPS) is 26.6. The van der Waals surface area contributed by atoms with E-state index >= 15 is 0 Å². The van der Waals surface area contributed by atoms with Crippen molar-refractivity contribution in [2.75, 3.05) is 0 Å². The van der Waals surface area contributed by atoms with Crippen molar-refractivity contribution in [2.24, 2.45) is 0 Å². The fraction of sp³-hybridized carbons (Fsp3) is 0.350. The Morgan fingerprint density at radius 3 is 2.42 bits per heavy atom. The molecule has 0 aliphatic carbocycles. The van der Waals surface area contributed by atoms with Crippen molar-refractivity contribution in [3.05, 3.63) is 60.1 Å². The molecule has 0 spiro atoms. The van der Waals surface area contributed by atoms with Crippen LogP contribution in [0.4, 0.5) is 13.2 Å². The van der Waals surface area contributed by atoms with E-state index in [1.807, 2.05) is 6.07 Å². The Morgan fingerprint density at radius 1 is 0.968 bits per heavy atom. The van der Waals surface area contributed by atoms with Gasteiger partial charge < -0.3 is 24.2 Å². The van der Waals surface area contributed by atoms with Gasteiger partial charge in [0.25, 0.3) is 5.89 Å². The number of benzene rings is 1. The molecule has 8 nitrogen and oxygen atoms in total. The molecule has 1 aliphatic rings. The first kappa shape index (κ1) is 21.2. The van der Waals surface area contributed by atoms with E-state index in [1.165, 1.54) is 13.0 Å². The van der Waals surface area contributed by atoms with Gasteiger partial charge in [0.1, 0.15) is 17.9 Å². The molecule has 0 unspecified atom stereocenters. The maximum atomic E-state index is 13.0. The van der Waals surface area contributed by atoms with E-state index in [0.717, 1.165) is 12.1 Å². The molecular formula is C20H18F3N3O5. The van der Waals surface area contributed by atoms with Crippen molar-refractivity contribution in [3.63, 3.8) is 0 Å². The SMILES string of the molecule is C[C@H]1O[C@H](c2nc(-c3ccccc3)no2)[C@H](Oc2cccc(C(F)(F)F)n2)[C@@H](O)[C@H]1O. The van der Waals surface area contributed by atoms with Gasteiger partial charge >= 0.3 is 6.18 Å². The van der Waals surface area contributed by atoms with Gasteiger partial charge in [0, 0.05) is 11.6 Å². The predicted molar refractivity (Wildman–Crippen MR) is 98.7 cm³/mol. The number of aliphatic hydroxyl groups is 2. The lowest BCUT2D eigenvalue weighted by molar-refractivity contribution is -0.219. The van der Waals surface area contributed by atoms with Gasteiger partial charge in [-0.15, -0.1) is 0 Å². The molecule has 0 amide bonds. The summed E-state index contributed by atoms with van der Waals surface area (Å²) in [5, 5.41) is 24.7. The molecule has 3 aromatic rings. The fourth-order valence-electron chi connectivity index (χ4n) is 3.20. The number of ether oxygens (including phenoxy) is 2. The van der Waals surface area contributed by atoms with Gasteiger partial charge in [-0.3, -0.25) is 0 Å². The van der Waals surface area contributed by atoms with Crippen LogP contribution >= 0.6 is 0 Å². The summed E-state index contributed by atoms with van der Waals surface area (Å²) in [5.74, 6) is -0.214. The van der Waals surface area contributed by atoms with Gasteiger partial charge in [0.2, 0.25) is 11.7 Å². The second-order valence-electron chi connectivity index (χ2n) is 7.01. The molecule has 5 atom stereocenters. The zero-order chi connectivity index (χ0) is 22.2. The number of hydrogen-bond acceptors (Lipinski definition) is 8. The van der Waals surface area contributed by atoms with Crippen LogP contribution < -0.4 is 4.74 Å². The molecular weight excluding hydrogens is 419 g/mol. The van der Waals surface area contributed by atoms with Gasteiger partial charge in [0.15, 0.2) is 12.2 Å². The maximum absolute atomic E-state index is 13.0. The van der Waals surface area contributed by atoms with E-state index in [4.69, 9.17) is 14.0 Å². The number of aromatic nitrogens is 3. The monoisotopic (exact) mass is 437 g/mol. The molecule has 31 heavy (non-hydrogen) atoms. The zero-order valence-electron chi connectivity index (χ0n) is 16.1. The minimum atomic E-state index is -4.68. The molecule has 1 aliphatic heterocycles. The minimum absolute atomic E-state index is 0.0615. The van der Waals surface area contributed by atoms with Crippen LogP contribution in [-0.2, 0) is 10.9 Å². The highest BCUT2D eigenvalue weighted by Crippen LogP contribution is 2.35. The molecule has 1 saturated heterocycles. The Bertz CT molecular complexity index is 1030. The summed E-state index contributed by atoms with van der Waals surface area (Å²) in [5.41, 5.74) is -0.496. The second-order valence-corrected chi connectivity index (χ2v) is 7.01. The minimum Gasteiger partial charge on any atom is -0.468 e. The smallest absolute Gasteiger partial charge is 0.433 e. The molecule has 0 saturated carbocycles. The molecule has 3 heterocycles. The maximum Gasteiger partial charge on any atom is 0.433 e. The van der Waals surface area contributed by atoms with Crippen molar-refractivity contribution >= 4 is 0 Å². The summed E-state index contributed by atoms with van der Waals surface area (Å²) in [6.07, 6.45) is -10.9. The van der Waals surface area contributed by atoms with Gasteiger partial charge in [0.05, 0.1) is 6.10 Å². The van der Waals surface area contributed by atoms with E-state index in [0.29, 0.717) is 5.56 Å². The molecule has 1 aromatic carbocycles. The van der Waals surface area contributed by atoms with Crippen LogP contribution in [-0.4, -0.2) is 49.8 Å². The van der Waals surface area contributed by atoms with Crippen LogP contribution in [0.5, 0.6) is 5.88 Å². The fourth-order valence-corrected chi connectivity index (χ4v) is 3.20. The topological polar surface area (TPSA) is 111 Å². The van der Waals surface area contributed by atoms with Crippen LogP contribution in [0.15, 0.2) is 53.1 Å². The summed E-state index contributed by atoms with van der Waals surface area (Å²) in [6, 6.07) is 12.0. The average Bonchev–Trinajstić information content (AvgIpc) is 3.24. The van der Waals surface area contributed by atoms with Crippen molar-refractivity contribution in [3.8, 4) is 17.3 Å². The summed E-state index contributed by atoms with van der Waals surface area (Å²) in [7, 11) is 0. The summed E-state index contributed by atoms with van der Waals surface area (Å²) in [6.45, 7) is 1.52. The van der Waals surface area contributed by atoms with Crippen LogP contribution in [0.3, 0.4) is 0 Å². The Kier molecular flexibility index (Phi) is 5.65. The number of hydrogen-bond donors (Lipinski definition) is 2. The standard InChI is InChI=1S/C20H18F3N3O5/c1-10-14(27)15(28)16(30-13-9-5-8-12(24-13)20(21,22)23)17(29-10)19-25-18(26-31-19)11-6-3-2-4-7-11/h2-10,14-17,27-28H,1H3/t10-,14+,15+,16-,17+/m1/s1. The Hall–Kier alpha value is -3.02. The average molecular weight is 437 g/mol. The van der Waals surface area contributed by atoms with Gasteiger partial charge in [-0.1, -0.05) is 41.6 Å². The molecule has 4 rings (SSSR count). The Labute approximate surface area is 174 Å². The molecule has 164 valence electrons. The van der Waals surface area contributed by atoms with E-state index < -0.39 is 48.3 Å². The number of pyridine rings is 1. The highest BCUT2D eigenvalue weighted by Gasteiger charge is 2.48. The predicted octanol–water partition coefficient (Wildman–Crippen LogP) is 2.78. The summed E-state index contributed by atoms with van der Waals surface area (Å²) >= 11 is 0. The van der Waals surface area contributed by atoms with Crippen LogP contribution in [0.25, 0.3) is 11.4 Å². The number of halogens is 3. The molecule has 1 fully saturated rings. The lowest BCUT2D eigenvalue weighted by Gasteiger charge is -2.39. The zero-order valence-corrected chi connectivity index (χ0v) is 16.1. The van der Waals surface area contributed by atoms with Gasteiger partial charge in [-0.2, -0.15) is 18.2 Å². The van der Waals surface area contributed by atoms with Gasteiger partial charge in [-0.05, 0) is 13.0 Å². The quantitative estimate of drug-likeness (QED) is 0.641. The van der Waals surface area contributed by atoms with E-state index in [1.54, 1.807) is 24.3 Å². The van der Waals surface area contributed by atoms with Crippen molar-refractivity contribution < 1.29 is 37.4 Å². The summed E-state index contributed by atoms with van der Waals surface area (Å²) in [4.78, 5) is 7.71. The summed E-state index contributed by atoms with van der Waals surface area (Å²) < 4.78 is 55.4. The van der Waals surface area contributed by atoms with Crippen LogP contribution in [0, 0.1) is 0 Å². The molecule has 11 heteroatoms. The number of aliphatic hydroxyl groups excluding tert-OH is 2. The first-order valence-corrected chi connectivity index (χ1v) is 9.35. The molecule has 2 aromatic heterocycles. The largest absolute Gasteiger partial charge is 0.468 e. The first-order valence-electron chi connectivity index (χ1n) is 9.35. The van der Waals surface area contributed by atoms with Crippen LogP contribution in [0.2, 0.25) is 0 Å². The van der Waals surface area contributed by atoms with Crippen molar-refractivity contribution in [2.45, 2.75) is 43.6 Å². The third-order valence-corrected chi connectivity index (χ3v) is 4.82. The van der Waals surface area contributed by atoms with Crippen LogP contribution in [0.1, 0.15) is 24.6 Å². The Balaban J connectivity index is 1.65. The Morgan fingerprint density at radius 2 is 1.71 bits per heavy atom. The van der Waals surface area contributed by atoms with Gasteiger partial charge in [-0.25, -0.2) is 4.98 Å². The van der Waals surface area contributed by atoms with E-state index in [9.17, 15) is 23.4 Å². The van der Waals surface area contributed by atoms with Crippen molar-refractivity contribution in [1.82, 2.24) is 15.1 Å². The lowest BCUT2D eigenvalue weighted by atomic mass is 9.95. The molecule has 0 radical (unpaired) electrons. The second kappa shape index (κ2) is 8.25. The molecule has 0 bridgehead atoms. The highest BCUT2D eigenvalue weighted by atomic mass is 19.4. The number of nitrogens with zero attached hydrogens (tertiary/aromatic N) is 3. The van der Waals surface area contributed by atoms with Crippen molar-refractivity contribution in [1.29, 1.82) is 0 Å². The highest BCUT2D eigenvalue weighted by molar-refractivity contribution is 5.53. The number of alkyl halides is 3. The number of rotatable bonds is 4. The third-order valence-electron chi connectivity index (χ3n) is 4.82. The van der Waals surface area contributed by atoms with E-state index in [-0.39, 0.29) is 11.7 Å². The molecule has 2 N–H and O–H groups in total. The third kappa shape index (κ3) is 4.38. The lowest BCUT2D eigenvalue weighted by Crippen LogP contribution is -2.55. The first-order chi connectivity index (χ1) is 14.7. The van der Waals surface area contributed by atoms with E-state index in [2.05, 4.69) is 15.1 Å².